The zero-order valence-electron chi connectivity index (χ0n) is 5.59. The van der Waals surface area contributed by atoms with Gasteiger partial charge in [0.15, 0.2) is 5.12 Å². The van der Waals surface area contributed by atoms with Crippen molar-refractivity contribution < 1.29 is 9.59 Å². The van der Waals surface area contributed by atoms with Crippen molar-refractivity contribution >= 4 is 23.2 Å². The first kappa shape index (κ1) is 8.69. The zero-order valence-corrected chi connectivity index (χ0v) is 6.40. The molecule has 0 saturated heterocycles. The van der Waals surface area contributed by atoms with Crippen LogP contribution < -0.4 is 0 Å². The molecule has 1 unspecified atom stereocenters. The van der Waals surface area contributed by atoms with Crippen molar-refractivity contribution in [3.8, 4) is 0 Å². The van der Waals surface area contributed by atoms with Gasteiger partial charge in [0, 0.05) is 18.6 Å². The third-order valence-electron chi connectivity index (χ3n) is 0.795. The summed E-state index contributed by atoms with van der Waals surface area (Å²) in [6.07, 6.45) is 1.30. The molecule has 0 rings (SSSR count). The van der Waals surface area contributed by atoms with Crippen molar-refractivity contribution in [3.63, 3.8) is 0 Å². The Kier molecular flexibility index (Phi) is 4.40. The molecular weight excluding hydrogens is 136 g/mol. The molecule has 1 atom stereocenters. The maximum atomic E-state index is 10.4. The van der Waals surface area contributed by atoms with Crippen LogP contribution in [0.2, 0.25) is 0 Å². The van der Waals surface area contributed by atoms with Gasteiger partial charge >= 0.3 is 0 Å². The molecule has 0 fully saturated rings. The van der Waals surface area contributed by atoms with E-state index in [2.05, 4.69) is 0 Å². The minimum Gasteiger partial charge on any atom is -0.303 e. The Balaban J connectivity index is 3.37. The predicted molar refractivity (Wildman–Crippen MR) is 38.4 cm³/mol. The highest BCUT2D eigenvalue weighted by Crippen LogP contribution is 2.12. The van der Waals surface area contributed by atoms with E-state index in [0.29, 0.717) is 6.42 Å². The van der Waals surface area contributed by atoms with Gasteiger partial charge in [0.25, 0.3) is 0 Å². The topological polar surface area (TPSA) is 34.1 Å². The van der Waals surface area contributed by atoms with Crippen molar-refractivity contribution in [1.82, 2.24) is 0 Å². The number of rotatable bonds is 3. The van der Waals surface area contributed by atoms with Gasteiger partial charge in [-0.15, -0.1) is 0 Å². The van der Waals surface area contributed by atoms with Gasteiger partial charge in [0.05, 0.1) is 0 Å². The molecule has 0 saturated carbocycles. The Bertz CT molecular complexity index is 112. The highest BCUT2D eigenvalue weighted by molar-refractivity contribution is 8.14. The third-order valence-corrected chi connectivity index (χ3v) is 1.72. The molecule has 0 radical (unpaired) electrons. The smallest absolute Gasteiger partial charge is 0.186 e. The summed E-state index contributed by atoms with van der Waals surface area (Å²) in [5, 5.41) is 0.212. The second kappa shape index (κ2) is 4.56. The Morgan fingerprint density at radius 3 is 2.67 bits per heavy atom. The van der Waals surface area contributed by atoms with Gasteiger partial charge in [-0.1, -0.05) is 18.7 Å². The summed E-state index contributed by atoms with van der Waals surface area (Å²) in [5.41, 5.74) is 0. The second-order valence-corrected chi connectivity index (χ2v) is 3.44. The largest absolute Gasteiger partial charge is 0.303 e. The zero-order chi connectivity index (χ0) is 7.28. The molecular formula is C6H10O2S. The van der Waals surface area contributed by atoms with Crippen LogP contribution in [0.15, 0.2) is 0 Å². The maximum Gasteiger partial charge on any atom is 0.186 e. The Labute approximate surface area is 59.0 Å². The van der Waals surface area contributed by atoms with Gasteiger partial charge in [0.2, 0.25) is 0 Å². The highest BCUT2D eigenvalue weighted by atomic mass is 32.2. The minimum absolute atomic E-state index is 0.0735. The number of carbonyl (C=O) groups is 2. The first-order valence-corrected chi connectivity index (χ1v) is 3.65. The van der Waals surface area contributed by atoms with Crippen LogP contribution in [0.5, 0.6) is 0 Å². The van der Waals surface area contributed by atoms with E-state index in [1.165, 1.54) is 18.7 Å². The molecule has 0 N–H and O–H groups in total. The third kappa shape index (κ3) is 5.56. The standard InChI is InChI=1S/C6H10O2S/c1-5(3-4-7)9-6(2)8/h4-5H,3H2,1-2H3. The SMILES string of the molecule is CC(=O)SC(C)CC=O. The van der Waals surface area contributed by atoms with Gasteiger partial charge in [-0.3, -0.25) is 4.79 Å². The Hall–Kier alpha value is -0.310. The molecule has 0 aromatic carbocycles. The summed E-state index contributed by atoms with van der Waals surface area (Å²) in [6.45, 7) is 3.37. The van der Waals surface area contributed by atoms with Crippen LogP contribution in [-0.4, -0.2) is 16.7 Å². The minimum atomic E-state index is 0.0735. The molecule has 3 heteroatoms. The van der Waals surface area contributed by atoms with Crippen LogP contribution in [0, 0.1) is 0 Å². The molecule has 0 amide bonds. The lowest BCUT2D eigenvalue weighted by atomic mass is 10.4. The quantitative estimate of drug-likeness (QED) is 0.562. The summed E-state index contributed by atoms with van der Waals surface area (Å²) in [6, 6.07) is 0. The summed E-state index contributed by atoms with van der Waals surface area (Å²) in [7, 11) is 0. The average Bonchev–Trinajstić information content (AvgIpc) is 1.63. The molecule has 9 heavy (non-hydrogen) atoms. The van der Waals surface area contributed by atoms with Gasteiger partial charge in [0.1, 0.15) is 6.29 Å². The van der Waals surface area contributed by atoms with Crippen LogP contribution in [0.25, 0.3) is 0 Å². The lowest BCUT2D eigenvalue weighted by molar-refractivity contribution is -0.109. The average molecular weight is 146 g/mol. The number of thioether (sulfide) groups is 1. The Morgan fingerprint density at radius 2 is 2.33 bits per heavy atom. The molecule has 0 aliphatic carbocycles. The van der Waals surface area contributed by atoms with Gasteiger partial charge < -0.3 is 4.79 Å². The molecule has 52 valence electrons. The van der Waals surface area contributed by atoms with Gasteiger partial charge in [-0.05, 0) is 0 Å². The van der Waals surface area contributed by atoms with Crippen LogP contribution >= 0.6 is 11.8 Å². The van der Waals surface area contributed by atoms with E-state index < -0.39 is 0 Å². The van der Waals surface area contributed by atoms with Crippen molar-refractivity contribution in [3.05, 3.63) is 0 Å². The summed E-state index contributed by atoms with van der Waals surface area (Å²) in [4.78, 5) is 20.2. The lowest BCUT2D eigenvalue weighted by Gasteiger charge is -2.00. The second-order valence-electron chi connectivity index (χ2n) is 1.82. The molecule has 0 heterocycles. The van der Waals surface area contributed by atoms with E-state index in [1.807, 2.05) is 6.92 Å². The summed E-state index contributed by atoms with van der Waals surface area (Å²) >= 11 is 1.21. The molecule has 0 bridgehead atoms. The van der Waals surface area contributed by atoms with Crippen molar-refractivity contribution in [2.24, 2.45) is 0 Å². The van der Waals surface area contributed by atoms with Crippen LogP contribution in [0.4, 0.5) is 0 Å². The fourth-order valence-electron chi connectivity index (χ4n) is 0.467. The lowest BCUT2D eigenvalue weighted by Crippen LogP contribution is -1.99. The van der Waals surface area contributed by atoms with Crippen molar-refractivity contribution in [2.45, 2.75) is 25.5 Å². The number of hydrogen-bond donors (Lipinski definition) is 0. The monoisotopic (exact) mass is 146 g/mol. The van der Waals surface area contributed by atoms with E-state index in [-0.39, 0.29) is 10.4 Å². The fraction of sp³-hybridized carbons (Fsp3) is 0.667. The molecule has 0 spiro atoms. The van der Waals surface area contributed by atoms with Gasteiger partial charge in [-0.2, -0.15) is 0 Å². The molecule has 0 aliphatic rings. The number of hydrogen-bond acceptors (Lipinski definition) is 3. The fourth-order valence-corrected chi connectivity index (χ4v) is 1.21. The number of aldehydes is 1. The highest BCUT2D eigenvalue weighted by Gasteiger charge is 2.03. The van der Waals surface area contributed by atoms with Crippen LogP contribution in [0.1, 0.15) is 20.3 Å². The molecule has 0 aromatic heterocycles. The van der Waals surface area contributed by atoms with E-state index in [9.17, 15) is 9.59 Å². The predicted octanol–water partition coefficient (Wildman–Crippen LogP) is 1.24. The Morgan fingerprint density at radius 1 is 1.78 bits per heavy atom. The van der Waals surface area contributed by atoms with Crippen molar-refractivity contribution in [1.29, 1.82) is 0 Å². The van der Waals surface area contributed by atoms with Crippen LogP contribution in [-0.2, 0) is 9.59 Å². The van der Waals surface area contributed by atoms with Gasteiger partial charge in [-0.25, -0.2) is 0 Å². The normalized spacial score (nSPS) is 12.7. The first-order valence-electron chi connectivity index (χ1n) is 2.77. The van der Waals surface area contributed by atoms with E-state index >= 15 is 0 Å². The van der Waals surface area contributed by atoms with E-state index in [1.54, 1.807) is 0 Å². The van der Waals surface area contributed by atoms with E-state index in [0.717, 1.165) is 6.29 Å². The summed E-state index contributed by atoms with van der Waals surface area (Å²) in [5.74, 6) is 0. The first-order chi connectivity index (χ1) is 4.16. The molecule has 0 aliphatic heterocycles. The number of carbonyl (C=O) groups excluding carboxylic acids is 2. The molecule has 2 nitrogen and oxygen atoms in total. The van der Waals surface area contributed by atoms with E-state index in [4.69, 9.17) is 0 Å². The summed E-state index contributed by atoms with van der Waals surface area (Å²) < 4.78 is 0. The van der Waals surface area contributed by atoms with Crippen molar-refractivity contribution in [2.75, 3.05) is 0 Å². The van der Waals surface area contributed by atoms with Crippen LogP contribution in [0.3, 0.4) is 0 Å². The molecule has 0 aromatic rings. The maximum absolute atomic E-state index is 10.4.